The second-order valence-corrected chi connectivity index (χ2v) is 4.46. The van der Waals surface area contributed by atoms with E-state index in [9.17, 15) is 4.79 Å². The Hall–Kier alpha value is -1.35. The highest BCUT2D eigenvalue weighted by Gasteiger charge is 2.01. The van der Waals surface area contributed by atoms with Crippen molar-refractivity contribution in [2.24, 2.45) is 5.73 Å². The molecule has 17 heavy (non-hydrogen) atoms. The summed E-state index contributed by atoms with van der Waals surface area (Å²) in [4.78, 5) is 11.5. The highest BCUT2D eigenvalue weighted by molar-refractivity contribution is 5.75. The van der Waals surface area contributed by atoms with Crippen molar-refractivity contribution in [3.63, 3.8) is 0 Å². The zero-order valence-electron chi connectivity index (χ0n) is 10.5. The second-order valence-electron chi connectivity index (χ2n) is 4.46. The number of hydrogen-bond acceptors (Lipinski definition) is 2. The predicted molar refractivity (Wildman–Crippen MR) is 70.7 cm³/mol. The van der Waals surface area contributed by atoms with Crippen LogP contribution in [-0.2, 0) is 11.2 Å². The first-order valence-corrected chi connectivity index (χ1v) is 6.24. The Morgan fingerprint density at radius 3 is 2.71 bits per heavy atom. The SMILES string of the molecule is CC(N)CCNC(=O)CCCc1ccccc1. The molecule has 0 saturated carbocycles. The van der Waals surface area contributed by atoms with Gasteiger partial charge < -0.3 is 11.1 Å². The van der Waals surface area contributed by atoms with Crippen LogP contribution in [0.1, 0.15) is 31.7 Å². The lowest BCUT2D eigenvalue weighted by molar-refractivity contribution is -0.121. The Bertz CT molecular complexity index is 322. The van der Waals surface area contributed by atoms with E-state index in [-0.39, 0.29) is 11.9 Å². The van der Waals surface area contributed by atoms with E-state index in [1.165, 1.54) is 5.56 Å². The van der Waals surface area contributed by atoms with Crippen molar-refractivity contribution in [3.8, 4) is 0 Å². The van der Waals surface area contributed by atoms with Crippen LogP contribution >= 0.6 is 0 Å². The van der Waals surface area contributed by atoms with Crippen LogP contribution in [0.2, 0.25) is 0 Å². The van der Waals surface area contributed by atoms with E-state index < -0.39 is 0 Å². The average molecular weight is 234 g/mol. The lowest BCUT2D eigenvalue weighted by Crippen LogP contribution is -2.28. The molecule has 1 aromatic rings. The molecule has 3 nitrogen and oxygen atoms in total. The molecule has 0 aliphatic heterocycles. The molecule has 0 bridgehead atoms. The number of aryl methyl sites for hydroxylation is 1. The summed E-state index contributed by atoms with van der Waals surface area (Å²) in [6, 6.07) is 10.4. The normalized spacial score (nSPS) is 12.1. The van der Waals surface area contributed by atoms with E-state index in [0.29, 0.717) is 13.0 Å². The third kappa shape index (κ3) is 6.74. The molecule has 0 aliphatic carbocycles. The third-order valence-corrected chi connectivity index (χ3v) is 2.63. The number of carbonyl (C=O) groups excluding carboxylic acids is 1. The van der Waals surface area contributed by atoms with Crippen molar-refractivity contribution in [2.75, 3.05) is 6.54 Å². The smallest absolute Gasteiger partial charge is 0.220 e. The van der Waals surface area contributed by atoms with Gasteiger partial charge in [-0.2, -0.15) is 0 Å². The van der Waals surface area contributed by atoms with Gasteiger partial charge in [-0.3, -0.25) is 4.79 Å². The zero-order valence-corrected chi connectivity index (χ0v) is 10.5. The molecule has 0 heterocycles. The Kier molecular flexibility index (Phi) is 6.33. The largest absolute Gasteiger partial charge is 0.356 e. The van der Waals surface area contributed by atoms with Crippen LogP contribution in [0.25, 0.3) is 0 Å². The van der Waals surface area contributed by atoms with Crippen LogP contribution < -0.4 is 11.1 Å². The fourth-order valence-corrected chi connectivity index (χ4v) is 1.63. The summed E-state index contributed by atoms with van der Waals surface area (Å²) < 4.78 is 0. The van der Waals surface area contributed by atoms with E-state index in [2.05, 4.69) is 17.4 Å². The molecule has 1 aromatic carbocycles. The molecule has 0 aromatic heterocycles. The lowest BCUT2D eigenvalue weighted by atomic mass is 10.1. The van der Waals surface area contributed by atoms with Gasteiger partial charge in [-0.1, -0.05) is 30.3 Å². The number of benzene rings is 1. The second kappa shape index (κ2) is 7.85. The number of nitrogens with two attached hydrogens (primary N) is 1. The van der Waals surface area contributed by atoms with Crippen LogP contribution in [0.3, 0.4) is 0 Å². The summed E-state index contributed by atoms with van der Waals surface area (Å²) in [5, 5.41) is 2.88. The Morgan fingerprint density at radius 2 is 2.06 bits per heavy atom. The number of nitrogens with one attached hydrogen (secondary N) is 1. The maximum atomic E-state index is 11.5. The fraction of sp³-hybridized carbons (Fsp3) is 0.500. The Morgan fingerprint density at radius 1 is 1.35 bits per heavy atom. The van der Waals surface area contributed by atoms with Gasteiger partial charge in [0.25, 0.3) is 0 Å². The molecule has 1 unspecified atom stereocenters. The molecule has 1 amide bonds. The van der Waals surface area contributed by atoms with Gasteiger partial charge >= 0.3 is 0 Å². The van der Waals surface area contributed by atoms with Crippen molar-refractivity contribution in [1.82, 2.24) is 5.32 Å². The van der Waals surface area contributed by atoms with Gasteiger partial charge in [0, 0.05) is 19.0 Å². The summed E-state index contributed by atoms with van der Waals surface area (Å²) >= 11 is 0. The molecule has 1 rings (SSSR count). The van der Waals surface area contributed by atoms with Gasteiger partial charge in [0.2, 0.25) is 5.91 Å². The Labute approximate surface area is 103 Å². The number of amides is 1. The van der Waals surface area contributed by atoms with Crippen molar-refractivity contribution in [3.05, 3.63) is 35.9 Å². The van der Waals surface area contributed by atoms with Crippen LogP contribution in [0.15, 0.2) is 30.3 Å². The van der Waals surface area contributed by atoms with Crippen molar-refractivity contribution < 1.29 is 4.79 Å². The van der Waals surface area contributed by atoms with Crippen LogP contribution in [0, 0.1) is 0 Å². The zero-order chi connectivity index (χ0) is 12.5. The standard InChI is InChI=1S/C14H22N2O/c1-12(15)10-11-16-14(17)9-5-8-13-6-3-2-4-7-13/h2-4,6-7,12H,5,8-11,15H2,1H3,(H,16,17). The topological polar surface area (TPSA) is 55.1 Å². The summed E-state index contributed by atoms with van der Waals surface area (Å²) in [6.45, 7) is 2.63. The molecular weight excluding hydrogens is 212 g/mol. The molecular formula is C14H22N2O. The van der Waals surface area contributed by atoms with Crippen molar-refractivity contribution >= 4 is 5.91 Å². The van der Waals surface area contributed by atoms with E-state index in [1.807, 2.05) is 25.1 Å². The maximum absolute atomic E-state index is 11.5. The molecule has 3 N–H and O–H groups in total. The van der Waals surface area contributed by atoms with Crippen molar-refractivity contribution in [1.29, 1.82) is 0 Å². The fourth-order valence-electron chi connectivity index (χ4n) is 1.63. The highest BCUT2D eigenvalue weighted by Crippen LogP contribution is 2.04. The maximum Gasteiger partial charge on any atom is 0.220 e. The number of rotatable bonds is 7. The van der Waals surface area contributed by atoms with Crippen LogP contribution in [0.5, 0.6) is 0 Å². The molecule has 0 spiro atoms. The third-order valence-electron chi connectivity index (χ3n) is 2.63. The van der Waals surface area contributed by atoms with Crippen molar-refractivity contribution in [2.45, 2.75) is 38.6 Å². The van der Waals surface area contributed by atoms with E-state index in [0.717, 1.165) is 19.3 Å². The summed E-state index contributed by atoms with van der Waals surface area (Å²) in [7, 11) is 0. The molecule has 3 heteroatoms. The Balaban J connectivity index is 2.08. The lowest BCUT2D eigenvalue weighted by Gasteiger charge is -2.07. The minimum absolute atomic E-state index is 0.126. The predicted octanol–water partition coefficient (Wildman–Crippen LogP) is 1.86. The first kappa shape index (κ1) is 13.7. The first-order valence-electron chi connectivity index (χ1n) is 6.24. The summed E-state index contributed by atoms with van der Waals surface area (Å²) in [5.74, 6) is 0.126. The summed E-state index contributed by atoms with van der Waals surface area (Å²) in [6.07, 6.45) is 3.29. The molecule has 0 fully saturated rings. The minimum atomic E-state index is 0.126. The summed E-state index contributed by atoms with van der Waals surface area (Å²) in [5.41, 5.74) is 6.89. The van der Waals surface area contributed by atoms with E-state index in [4.69, 9.17) is 5.73 Å². The molecule has 1 atom stereocenters. The van der Waals surface area contributed by atoms with Gasteiger partial charge in [-0.25, -0.2) is 0 Å². The molecule has 94 valence electrons. The molecule has 0 aliphatic rings. The van der Waals surface area contributed by atoms with Gasteiger partial charge in [-0.15, -0.1) is 0 Å². The quantitative estimate of drug-likeness (QED) is 0.756. The monoisotopic (exact) mass is 234 g/mol. The number of carbonyl (C=O) groups is 1. The van der Waals surface area contributed by atoms with E-state index in [1.54, 1.807) is 0 Å². The van der Waals surface area contributed by atoms with Gasteiger partial charge in [0.1, 0.15) is 0 Å². The van der Waals surface area contributed by atoms with Gasteiger partial charge in [0.05, 0.1) is 0 Å². The average Bonchev–Trinajstić information content (AvgIpc) is 2.30. The molecule has 0 radical (unpaired) electrons. The first-order chi connectivity index (χ1) is 8.18. The van der Waals surface area contributed by atoms with E-state index >= 15 is 0 Å². The van der Waals surface area contributed by atoms with Crippen LogP contribution in [-0.4, -0.2) is 18.5 Å². The number of hydrogen-bond donors (Lipinski definition) is 2. The molecule has 0 saturated heterocycles. The minimum Gasteiger partial charge on any atom is -0.356 e. The highest BCUT2D eigenvalue weighted by atomic mass is 16.1. The van der Waals surface area contributed by atoms with Gasteiger partial charge in [-0.05, 0) is 31.7 Å². The van der Waals surface area contributed by atoms with Gasteiger partial charge in [0.15, 0.2) is 0 Å². The van der Waals surface area contributed by atoms with Crippen LogP contribution in [0.4, 0.5) is 0 Å².